The zero-order valence-corrected chi connectivity index (χ0v) is 17.1. The standard InChI is InChI=1S/C26H22N2O3/c1-2-31-25(30)24(29)23-18-28(19-27-23)26(20-12-6-3-7-13-20,21-14-8-4-9-15-21)22-16-10-5-11-17-22/h3-19H,2H2,1H3. The Kier molecular flexibility index (Phi) is 5.76. The summed E-state index contributed by atoms with van der Waals surface area (Å²) in [6, 6.07) is 30.1. The quantitative estimate of drug-likeness (QED) is 0.195. The van der Waals surface area contributed by atoms with E-state index in [1.165, 1.54) is 0 Å². The second-order valence-electron chi connectivity index (χ2n) is 7.02. The maximum absolute atomic E-state index is 12.5. The number of carbonyl (C=O) groups excluding carboxylic acids is 2. The molecule has 5 heteroatoms. The lowest BCUT2D eigenvalue weighted by molar-refractivity contribution is -0.137. The van der Waals surface area contributed by atoms with Gasteiger partial charge in [-0.1, -0.05) is 91.0 Å². The van der Waals surface area contributed by atoms with Gasteiger partial charge in [-0.2, -0.15) is 0 Å². The molecule has 4 aromatic rings. The molecule has 0 fully saturated rings. The molecule has 0 saturated heterocycles. The van der Waals surface area contributed by atoms with Crippen LogP contribution in [-0.4, -0.2) is 27.9 Å². The van der Waals surface area contributed by atoms with Crippen LogP contribution >= 0.6 is 0 Å². The molecule has 0 N–H and O–H groups in total. The van der Waals surface area contributed by atoms with Crippen molar-refractivity contribution < 1.29 is 14.3 Å². The summed E-state index contributed by atoms with van der Waals surface area (Å²) in [5.74, 6) is -1.67. The number of ketones is 1. The van der Waals surface area contributed by atoms with Crippen LogP contribution in [0.4, 0.5) is 0 Å². The molecule has 0 unspecified atom stereocenters. The molecule has 1 heterocycles. The summed E-state index contributed by atoms with van der Waals surface area (Å²) in [4.78, 5) is 28.8. The average molecular weight is 410 g/mol. The van der Waals surface area contributed by atoms with Gasteiger partial charge < -0.3 is 9.30 Å². The molecular weight excluding hydrogens is 388 g/mol. The first kappa shape index (κ1) is 20.3. The second-order valence-corrected chi connectivity index (χ2v) is 7.02. The lowest BCUT2D eigenvalue weighted by atomic mass is 9.77. The molecule has 31 heavy (non-hydrogen) atoms. The van der Waals surface area contributed by atoms with Crippen molar-refractivity contribution in [3.05, 3.63) is 126 Å². The molecule has 0 aliphatic rings. The van der Waals surface area contributed by atoms with Gasteiger partial charge in [-0.05, 0) is 23.6 Å². The fourth-order valence-electron chi connectivity index (χ4n) is 3.91. The fraction of sp³-hybridized carbons (Fsp3) is 0.115. The number of esters is 1. The molecule has 0 amide bonds. The number of ether oxygens (including phenoxy) is 1. The van der Waals surface area contributed by atoms with E-state index in [0.29, 0.717) is 0 Å². The SMILES string of the molecule is CCOC(=O)C(=O)c1cn(C(c2ccccc2)(c2ccccc2)c2ccccc2)cn1. The minimum Gasteiger partial charge on any atom is -0.460 e. The molecule has 0 aliphatic carbocycles. The van der Waals surface area contributed by atoms with Crippen LogP contribution < -0.4 is 0 Å². The maximum atomic E-state index is 12.5. The van der Waals surface area contributed by atoms with Crippen molar-refractivity contribution in [1.82, 2.24) is 9.55 Å². The monoisotopic (exact) mass is 410 g/mol. The number of benzene rings is 3. The first-order valence-electron chi connectivity index (χ1n) is 10.1. The summed E-state index contributed by atoms with van der Waals surface area (Å²) < 4.78 is 6.76. The third-order valence-electron chi connectivity index (χ3n) is 5.24. The summed E-state index contributed by atoms with van der Waals surface area (Å²) in [5, 5.41) is 0. The molecule has 0 saturated carbocycles. The van der Waals surface area contributed by atoms with E-state index in [9.17, 15) is 9.59 Å². The van der Waals surface area contributed by atoms with E-state index in [1.807, 2.05) is 95.6 Å². The van der Waals surface area contributed by atoms with Crippen molar-refractivity contribution in [2.45, 2.75) is 12.5 Å². The van der Waals surface area contributed by atoms with Gasteiger partial charge in [-0.25, -0.2) is 9.78 Å². The van der Waals surface area contributed by atoms with Crippen LogP contribution in [0.3, 0.4) is 0 Å². The van der Waals surface area contributed by atoms with Gasteiger partial charge in [0.15, 0.2) is 0 Å². The zero-order valence-electron chi connectivity index (χ0n) is 17.1. The molecule has 0 bridgehead atoms. The number of Topliss-reactive ketones (excluding diaryl/α,β-unsaturated/α-hetero) is 1. The van der Waals surface area contributed by atoms with E-state index in [4.69, 9.17) is 4.74 Å². The van der Waals surface area contributed by atoms with Gasteiger partial charge in [0.1, 0.15) is 11.2 Å². The van der Waals surface area contributed by atoms with Crippen LogP contribution in [0, 0.1) is 0 Å². The third-order valence-corrected chi connectivity index (χ3v) is 5.24. The van der Waals surface area contributed by atoms with Crippen LogP contribution in [0.2, 0.25) is 0 Å². The highest BCUT2D eigenvalue weighted by Crippen LogP contribution is 2.40. The molecule has 154 valence electrons. The van der Waals surface area contributed by atoms with Crippen molar-refractivity contribution in [3.8, 4) is 0 Å². The lowest BCUT2D eigenvalue weighted by Crippen LogP contribution is -2.37. The highest BCUT2D eigenvalue weighted by Gasteiger charge is 2.39. The van der Waals surface area contributed by atoms with Gasteiger partial charge in [0.2, 0.25) is 0 Å². The number of rotatable bonds is 7. The summed E-state index contributed by atoms with van der Waals surface area (Å²) >= 11 is 0. The predicted molar refractivity (Wildman–Crippen MR) is 118 cm³/mol. The topological polar surface area (TPSA) is 61.2 Å². The van der Waals surface area contributed by atoms with Crippen molar-refractivity contribution in [2.75, 3.05) is 6.61 Å². The molecule has 0 atom stereocenters. The minimum absolute atomic E-state index is 0.0469. The molecule has 4 rings (SSSR count). The largest absolute Gasteiger partial charge is 0.460 e. The number of imidazole rings is 1. The van der Waals surface area contributed by atoms with E-state index in [0.717, 1.165) is 16.7 Å². The fourth-order valence-corrected chi connectivity index (χ4v) is 3.91. The lowest BCUT2D eigenvalue weighted by Gasteiger charge is -2.37. The molecule has 0 spiro atoms. The maximum Gasteiger partial charge on any atom is 0.381 e. The molecule has 3 aromatic carbocycles. The first-order valence-corrected chi connectivity index (χ1v) is 10.1. The van der Waals surface area contributed by atoms with Gasteiger partial charge in [-0.3, -0.25) is 4.79 Å². The van der Waals surface area contributed by atoms with Crippen molar-refractivity contribution in [3.63, 3.8) is 0 Å². The Morgan fingerprint density at radius 2 is 1.26 bits per heavy atom. The van der Waals surface area contributed by atoms with E-state index in [-0.39, 0.29) is 12.3 Å². The number of hydrogen-bond acceptors (Lipinski definition) is 4. The smallest absolute Gasteiger partial charge is 0.381 e. The molecular formula is C26H22N2O3. The number of aromatic nitrogens is 2. The van der Waals surface area contributed by atoms with Crippen LogP contribution in [-0.2, 0) is 15.1 Å². The van der Waals surface area contributed by atoms with E-state index in [2.05, 4.69) is 4.98 Å². The van der Waals surface area contributed by atoms with Crippen molar-refractivity contribution >= 4 is 11.8 Å². The van der Waals surface area contributed by atoms with Gasteiger partial charge in [0, 0.05) is 6.20 Å². The number of hydrogen-bond donors (Lipinski definition) is 0. The normalized spacial score (nSPS) is 11.1. The van der Waals surface area contributed by atoms with Gasteiger partial charge in [0.25, 0.3) is 5.78 Å². The predicted octanol–water partition coefficient (Wildman–Crippen LogP) is 4.47. The van der Waals surface area contributed by atoms with Crippen molar-refractivity contribution in [1.29, 1.82) is 0 Å². The summed E-state index contributed by atoms with van der Waals surface area (Å²) in [6.45, 7) is 1.79. The highest BCUT2D eigenvalue weighted by atomic mass is 16.5. The average Bonchev–Trinajstić information content (AvgIpc) is 3.32. The van der Waals surface area contributed by atoms with Crippen LogP contribution in [0.5, 0.6) is 0 Å². The summed E-state index contributed by atoms with van der Waals surface area (Å²) in [6.07, 6.45) is 3.21. The Balaban J connectivity index is 1.98. The molecule has 0 radical (unpaired) electrons. The first-order chi connectivity index (χ1) is 15.2. The second kappa shape index (κ2) is 8.79. The Morgan fingerprint density at radius 1 is 0.806 bits per heavy atom. The van der Waals surface area contributed by atoms with E-state index < -0.39 is 17.3 Å². The van der Waals surface area contributed by atoms with Crippen LogP contribution in [0.25, 0.3) is 0 Å². The Morgan fingerprint density at radius 3 is 1.68 bits per heavy atom. The minimum atomic E-state index is -0.905. The third kappa shape index (κ3) is 3.66. The Hall–Kier alpha value is -3.99. The Labute approximate surface area is 181 Å². The van der Waals surface area contributed by atoms with Crippen molar-refractivity contribution in [2.24, 2.45) is 0 Å². The van der Waals surface area contributed by atoms with Crippen LogP contribution in [0.1, 0.15) is 34.1 Å². The molecule has 5 nitrogen and oxygen atoms in total. The number of nitrogens with zero attached hydrogens (tertiary/aromatic N) is 2. The van der Waals surface area contributed by atoms with E-state index >= 15 is 0 Å². The van der Waals surface area contributed by atoms with Crippen LogP contribution in [0.15, 0.2) is 104 Å². The van der Waals surface area contributed by atoms with Gasteiger partial charge >= 0.3 is 5.97 Å². The molecule has 1 aromatic heterocycles. The summed E-state index contributed by atoms with van der Waals surface area (Å²) in [5.41, 5.74) is 2.26. The van der Waals surface area contributed by atoms with Gasteiger partial charge in [-0.15, -0.1) is 0 Å². The highest BCUT2D eigenvalue weighted by molar-refractivity contribution is 6.40. The number of carbonyl (C=O) groups is 2. The van der Waals surface area contributed by atoms with Gasteiger partial charge in [0.05, 0.1) is 12.9 Å². The summed E-state index contributed by atoms with van der Waals surface area (Å²) in [7, 11) is 0. The van der Waals surface area contributed by atoms with E-state index in [1.54, 1.807) is 19.4 Å². The molecule has 0 aliphatic heterocycles. The zero-order chi connectivity index (χ0) is 21.7. The Bertz CT molecular complexity index is 1070.